The molecule has 0 saturated carbocycles. The van der Waals surface area contributed by atoms with Crippen molar-refractivity contribution in [3.63, 3.8) is 0 Å². The lowest BCUT2D eigenvalue weighted by Crippen LogP contribution is -2.28. The number of hydrogen-bond donors (Lipinski definition) is 1. The highest BCUT2D eigenvalue weighted by Crippen LogP contribution is 2.23. The Hall–Kier alpha value is -0.160. The minimum atomic E-state index is 0.219. The summed E-state index contributed by atoms with van der Waals surface area (Å²) >= 11 is 0. The summed E-state index contributed by atoms with van der Waals surface area (Å²) in [5.41, 5.74) is 5.94. The van der Waals surface area contributed by atoms with E-state index in [1.165, 1.54) is 0 Å². The van der Waals surface area contributed by atoms with Gasteiger partial charge in [-0.1, -0.05) is 13.8 Å². The summed E-state index contributed by atoms with van der Waals surface area (Å²) in [4.78, 5) is 0. The second-order valence-corrected chi connectivity index (χ2v) is 4.34. The van der Waals surface area contributed by atoms with E-state index in [0.717, 1.165) is 26.0 Å². The third-order valence-corrected chi connectivity index (χ3v) is 3.00. The molecule has 1 atom stereocenters. The van der Waals surface area contributed by atoms with Gasteiger partial charge in [0.15, 0.2) is 0 Å². The topological polar surface area (TPSA) is 53.7 Å². The summed E-state index contributed by atoms with van der Waals surface area (Å²) in [6, 6.07) is 0. The van der Waals surface area contributed by atoms with E-state index in [2.05, 4.69) is 13.8 Å². The van der Waals surface area contributed by atoms with Crippen LogP contribution in [0.25, 0.3) is 0 Å². The van der Waals surface area contributed by atoms with E-state index >= 15 is 0 Å². The van der Waals surface area contributed by atoms with E-state index in [1.807, 2.05) is 0 Å². The van der Waals surface area contributed by atoms with Gasteiger partial charge < -0.3 is 19.9 Å². The molecule has 2 N–H and O–H groups in total. The van der Waals surface area contributed by atoms with Crippen LogP contribution in [0.4, 0.5) is 0 Å². The lowest BCUT2D eigenvalue weighted by Gasteiger charge is -2.25. The van der Waals surface area contributed by atoms with Crippen LogP contribution in [0.5, 0.6) is 0 Å². The molecule has 0 amide bonds. The molecule has 0 aliphatic heterocycles. The van der Waals surface area contributed by atoms with E-state index < -0.39 is 0 Å². The summed E-state index contributed by atoms with van der Waals surface area (Å²) in [7, 11) is 1.66. The summed E-state index contributed by atoms with van der Waals surface area (Å²) in [6.07, 6.45) is 2.11. The minimum Gasteiger partial charge on any atom is -0.382 e. The lowest BCUT2D eigenvalue weighted by molar-refractivity contribution is 0.0177. The molecule has 16 heavy (non-hydrogen) atoms. The number of ether oxygens (including phenoxy) is 3. The van der Waals surface area contributed by atoms with Crippen molar-refractivity contribution < 1.29 is 14.2 Å². The van der Waals surface area contributed by atoms with Crippen molar-refractivity contribution in [1.82, 2.24) is 0 Å². The Morgan fingerprint density at radius 3 is 2.06 bits per heavy atom. The third kappa shape index (κ3) is 8.05. The van der Waals surface area contributed by atoms with Crippen molar-refractivity contribution in [2.45, 2.75) is 26.7 Å². The smallest absolute Gasteiger partial charge is 0.0701 e. The maximum absolute atomic E-state index is 5.72. The molecule has 0 spiro atoms. The zero-order valence-electron chi connectivity index (χ0n) is 11.0. The molecule has 0 heterocycles. The van der Waals surface area contributed by atoms with Crippen LogP contribution in [-0.4, -0.2) is 46.7 Å². The molecular weight excluding hydrogens is 206 g/mol. The summed E-state index contributed by atoms with van der Waals surface area (Å²) in [5.74, 6) is 0. The minimum absolute atomic E-state index is 0.219. The van der Waals surface area contributed by atoms with Crippen LogP contribution in [0, 0.1) is 5.41 Å². The lowest BCUT2D eigenvalue weighted by atomic mass is 9.84. The largest absolute Gasteiger partial charge is 0.382 e. The molecule has 0 bridgehead atoms. The fraction of sp³-hybridized carbons (Fsp3) is 1.00. The first-order valence-electron chi connectivity index (χ1n) is 6.03. The highest BCUT2D eigenvalue weighted by Gasteiger charge is 2.19. The molecule has 0 aliphatic rings. The second-order valence-electron chi connectivity index (χ2n) is 4.34. The van der Waals surface area contributed by atoms with Crippen molar-refractivity contribution in [3.8, 4) is 0 Å². The summed E-state index contributed by atoms with van der Waals surface area (Å²) < 4.78 is 15.6. The Bertz CT molecular complexity index is 149. The number of hydrogen-bond acceptors (Lipinski definition) is 4. The first-order valence-corrected chi connectivity index (χ1v) is 6.03. The van der Waals surface area contributed by atoms with Crippen LogP contribution >= 0.6 is 0 Å². The Morgan fingerprint density at radius 2 is 1.56 bits per heavy atom. The van der Waals surface area contributed by atoms with Gasteiger partial charge in [-0.15, -0.1) is 0 Å². The molecule has 0 aromatic carbocycles. The van der Waals surface area contributed by atoms with Gasteiger partial charge in [-0.05, 0) is 24.8 Å². The number of methoxy groups -OCH3 is 1. The maximum Gasteiger partial charge on any atom is 0.0701 e. The number of nitrogens with two attached hydrogens (primary N) is 1. The van der Waals surface area contributed by atoms with E-state index in [9.17, 15) is 0 Å². The van der Waals surface area contributed by atoms with E-state index in [4.69, 9.17) is 19.9 Å². The standard InChI is InChI=1S/C12H27NO3/c1-4-12(2,11-13)5-6-15-9-10-16-8-7-14-3/h4-11,13H2,1-3H3. The van der Waals surface area contributed by atoms with Gasteiger partial charge in [0.05, 0.1) is 26.4 Å². The molecule has 0 aromatic rings. The van der Waals surface area contributed by atoms with E-state index in [0.29, 0.717) is 26.4 Å². The van der Waals surface area contributed by atoms with E-state index in [-0.39, 0.29) is 5.41 Å². The van der Waals surface area contributed by atoms with Crippen molar-refractivity contribution in [2.24, 2.45) is 11.1 Å². The predicted octanol–water partition coefficient (Wildman–Crippen LogP) is 1.43. The van der Waals surface area contributed by atoms with Crippen LogP contribution in [0.2, 0.25) is 0 Å². The van der Waals surface area contributed by atoms with Crippen molar-refractivity contribution in [3.05, 3.63) is 0 Å². The van der Waals surface area contributed by atoms with Gasteiger partial charge in [0.1, 0.15) is 0 Å². The van der Waals surface area contributed by atoms with Gasteiger partial charge in [-0.3, -0.25) is 0 Å². The molecule has 98 valence electrons. The van der Waals surface area contributed by atoms with Crippen LogP contribution < -0.4 is 5.73 Å². The molecular formula is C12H27NO3. The predicted molar refractivity (Wildman–Crippen MR) is 65.6 cm³/mol. The molecule has 4 nitrogen and oxygen atoms in total. The fourth-order valence-corrected chi connectivity index (χ4v) is 1.21. The van der Waals surface area contributed by atoms with Crippen LogP contribution in [0.1, 0.15) is 26.7 Å². The fourth-order valence-electron chi connectivity index (χ4n) is 1.21. The van der Waals surface area contributed by atoms with Crippen molar-refractivity contribution in [1.29, 1.82) is 0 Å². The monoisotopic (exact) mass is 233 g/mol. The van der Waals surface area contributed by atoms with Gasteiger partial charge >= 0.3 is 0 Å². The molecule has 0 fully saturated rings. The Kier molecular flexibility index (Phi) is 9.92. The van der Waals surface area contributed by atoms with Crippen molar-refractivity contribution in [2.75, 3.05) is 46.7 Å². The van der Waals surface area contributed by atoms with Crippen LogP contribution in [0.15, 0.2) is 0 Å². The van der Waals surface area contributed by atoms with E-state index in [1.54, 1.807) is 7.11 Å². The van der Waals surface area contributed by atoms with Gasteiger partial charge in [-0.25, -0.2) is 0 Å². The molecule has 1 unspecified atom stereocenters. The second kappa shape index (κ2) is 10.0. The third-order valence-electron chi connectivity index (χ3n) is 3.00. The zero-order chi connectivity index (χ0) is 12.3. The van der Waals surface area contributed by atoms with Crippen LogP contribution in [-0.2, 0) is 14.2 Å². The molecule has 0 aromatic heterocycles. The Labute approximate surface area is 99.4 Å². The first kappa shape index (κ1) is 15.8. The van der Waals surface area contributed by atoms with Gasteiger partial charge in [0.25, 0.3) is 0 Å². The van der Waals surface area contributed by atoms with Crippen LogP contribution in [0.3, 0.4) is 0 Å². The maximum atomic E-state index is 5.72. The quantitative estimate of drug-likeness (QED) is 0.549. The Balaban J connectivity index is 3.26. The average molecular weight is 233 g/mol. The highest BCUT2D eigenvalue weighted by molar-refractivity contribution is 4.72. The van der Waals surface area contributed by atoms with Gasteiger partial charge in [-0.2, -0.15) is 0 Å². The Morgan fingerprint density at radius 1 is 1.00 bits per heavy atom. The first-order chi connectivity index (χ1) is 7.68. The summed E-state index contributed by atoms with van der Waals surface area (Å²) in [6.45, 7) is 8.40. The zero-order valence-corrected chi connectivity index (χ0v) is 11.0. The SMILES string of the molecule is CCC(C)(CN)CCOCCOCCOC. The average Bonchev–Trinajstić information content (AvgIpc) is 2.32. The van der Waals surface area contributed by atoms with Gasteiger partial charge in [0.2, 0.25) is 0 Å². The molecule has 0 radical (unpaired) electrons. The highest BCUT2D eigenvalue weighted by atomic mass is 16.5. The number of rotatable bonds is 11. The molecule has 4 heteroatoms. The normalized spacial score (nSPS) is 15.0. The molecule has 0 saturated heterocycles. The van der Waals surface area contributed by atoms with Gasteiger partial charge in [0, 0.05) is 13.7 Å². The summed E-state index contributed by atoms with van der Waals surface area (Å²) in [5, 5.41) is 0. The molecule has 0 rings (SSSR count). The van der Waals surface area contributed by atoms with Crippen molar-refractivity contribution >= 4 is 0 Å². The molecule has 0 aliphatic carbocycles.